The van der Waals surface area contributed by atoms with E-state index in [0.717, 1.165) is 27.8 Å². The zero-order chi connectivity index (χ0) is 14.0. The smallest absolute Gasteiger partial charge is 0.273 e. The summed E-state index contributed by atoms with van der Waals surface area (Å²) >= 11 is 9.95. The Morgan fingerprint density at radius 3 is 2.79 bits per heavy atom. The van der Waals surface area contributed by atoms with Crippen molar-refractivity contribution in [1.82, 2.24) is 4.98 Å². The number of anilines is 1. The highest BCUT2D eigenvalue weighted by atomic mass is 79.9. The van der Waals surface area contributed by atoms with Crippen LogP contribution in [0.25, 0.3) is 0 Å². The van der Waals surface area contributed by atoms with Gasteiger partial charge in [-0.05, 0) is 30.2 Å². The molecular weight excluding hydrogens is 372 g/mol. The first-order valence-electron chi connectivity index (χ1n) is 5.35. The van der Waals surface area contributed by atoms with Gasteiger partial charge in [0.05, 0.1) is 11.9 Å². The van der Waals surface area contributed by atoms with E-state index < -0.39 is 10.0 Å². The van der Waals surface area contributed by atoms with Gasteiger partial charge in [0.2, 0.25) is 0 Å². The lowest BCUT2D eigenvalue weighted by Crippen LogP contribution is -2.12. The van der Waals surface area contributed by atoms with Gasteiger partial charge in [0.25, 0.3) is 10.0 Å². The second-order valence-electron chi connectivity index (χ2n) is 3.69. The molecule has 0 aliphatic rings. The second kappa shape index (κ2) is 5.78. The van der Waals surface area contributed by atoms with Crippen molar-refractivity contribution in [2.45, 2.75) is 17.6 Å². The third kappa shape index (κ3) is 3.47. The lowest BCUT2D eigenvalue weighted by atomic mass is 10.1. The van der Waals surface area contributed by atoms with E-state index >= 15 is 0 Å². The largest absolute Gasteiger partial charge is 0.279 e. The van der Waals surface area contributed by atoms with Gasteiger partial charge in [0.1, 0.15) is 0 Å². The maximum Gasteiger partial charge on any atom is 0.273 e. The SMILES string of the molecule is CCc1cc(Br)ccc1NS(=O)(=O)c1cnc(Cl)s1. The molecule has 0 aliphatic carbocycles. The van der Waals surface area contributed by atoms with Crippen molar-refractivity contribution < 1.29 is 8.42 Å². The fourth-order valence-electron chi connectivity index (χ4n) is 1.51. The summed E-state index contributed by atoms with van der Waals surface area (Å²) in [5.41, 5.74) is 1.48. The van der Waals surface area contributed by atoms with Crippen molar-refractivity contribution in [3.63, 3.8) is 0 Å². The Hall–Kier alpha value is -0.630. The molecule has 0 aliphatic heterocycles. The van der Waals surface area contributed by atoms with Gasteiger partial charge in [-0.2, -0.15) is 0 Å². The first-order valence-corrected chi connectivity index (χ1v) is 8.82. The molecule has 0 radical (unpaired) electrons. The van der Waals surface area contributed by atoms with Crippen molar-refractivity contribution in [3.8, 4) is 0 Å². The molecule has 0 fully saturated rings. The summed E-state index contributed by atoms with van der Waals surface area (Å²) in [6.45, 7) is 1.96. The first kappa shape index (κ1) is 14.8. The summed E-state index contributed by atoms with van der Waals surface area (Å²) in [5.74, 6) is 0. The lowest BCUT2D eigenvalue weighted by Gasteiger charge is -2.10. The fourth-order valence-corrected chi connectivity index (χ4v) is 4.31. The van der Waals surface area contributed by atoms with Gasteiger partial charge in [-0.3, -0.25) is 4.72 Å². The highest BCUT2D eigenvalue weighted by Gasteiger charge is 2.18. The number of rotatable bonds is 4. The highest BCUT2D eigenvalue weighted by Crippen LogP contribution is 2.27. The molecule has 1 aromatic carbocycles. The zero-order valence-corrected chi connectivity index (χ0v) is 13.8. The van der Waals surface area contributed by atoms with Crippen LogP contribution in [-0.2, 0) is 16.4 Å². The number of nitrogens with one attached hydrogen (secondary N) is 1. The van der Waals surface area contributed by atoms with Crippen LogP contribution in [-0.4, -0.2) is 13.4 Å². The summed E-state index contributed by atoms with van der Waals surface area (Å²) in [6, 6.07) is 5.40. The Morgan fingerprint density at radius 1 is 1.47 bits per heavy atom. The number of hydrogen-bond donors (Lipinski definition) is 1. The minimum absolute atomic E-state index is 0.0995. The van der Waals surface area contributed by atoms with E-state index in [2.05, 4.69) is 25.6 Å². The molecule has 8 heteroatoms. The van der Waals surface area contributed by atoms with Crippen molar-refractivity contribution >= 4 is 54.6 Å². The van der Waals surface area contributed by atoms with Gasteiger partial charge in [0.15, 0.2) is 8.68 Å². The summed E-state index contributed by atoms with van der Waals surface area (Å²) in [7, 11) is -3.63. The van der Waals surface area contributed by atoms with Crippen LogP contribution in [0.5, 0.6) is 0 Å². The average molecular weight is 382 g/mol. The van der Waals surface area contributed by atoms with Gasteiger partial charge in [-0.25, -0.2) is 13.4 Å². The van der Waals surface area contributed by atoms with Crippen LogP contribution in [0.2, 0.25) is 4.47 Å². The van der Waals surface area contributed by atoms with Crippen LogP contribution in [0, 0.1) is 0 Å². The minimum atomic E-state index is -3.63. The van der Waals surface area contributed by atoms with Gasteiger partial charge < -0.3 is 0 Å². The Labute approximate surface area is 129 Å². The monoisotopic (exact) mass is 380 g/mol. The normalized spacial score (nSPS) is 11.5. The minimum Gasteiger partial charge on any atom is -0.279 e. The van der Waals surface area contributed by atoms with Gasteiger partial charge in [-0.15, -0.1) is 0 Å². The standard InChI is InChI=1S/C11H10BrClN2O2S2/c1-2-7-5-8(12)3-4-9(7)15-19(16,17)10-6-14-11(13)18-10/h3-6,15H,2H2,1H3. The molecule has 0 saturated carbocycles. The molecule has 4 nitrogen and oxygen atoms in total. The van der Waals surface area contributed by atoms with Gasteiger partial charge in [0, 0.05) is 4.47 Å². The highest BCUT2D eigenvalue weighted by molar-refractivity contribution is 9.10. The van der Waals surface area contributed by atoms with Crippen molar-refractivity contribution in [2.24, 2.45) is 0 Å². The molecule has 102 valence electrons. The molecule has 1 aromatic heterocycles. The van der Waals surface area contributed by atoms with Crippen LogP contribution in [0.15, 0.2) is 33.1 Å². The second-order valence-corrected chi connectivity index (χ2v) is 8.13. The lowest BCUT2D eigenvalue weighted by molar-refractivity contribution is 0.603. The first-order chi connectivity index (χ1) is 8.92. The van der Waals surface area contributed by atoms with E-state index in [1.807, 2.05) is 13.0 Å². The summed E-state index contributed by atoms with van der Waals surface area (Å²) in [6.07, 6.45) is 1.97. The zero-order valence-electron chi connectivity index (χ0n) is 9.85. The molecule has 2 aromatic rings. The van der Waals surface area contributed by atoms with Crippen molar-refractivity contribution in [2.75, 3.05) is 4.72 Å². The number of sulfonamides is 1. The van der Waals surface area contributed by atoms with E-state index in [1.165, 1.54) is 6.20 Å². The molecule has 1 N–H and O–H groups in total. The molecule has 0 unspecified atom stereocenters. The maximum absolute atomic E-state index is 12.2. The van der Waals surface area contributed by atoms with Crippen LogP contribution in [0.3, 0.4) is 0 Å². The number of halogens is 2. The molecule has 2 rings (SSSR count). The molecule has 19 heavy (non-hydrogen) atoms. The average Bonchev–Trinajstić information content (AvgIpc) is 2.79. The fraction of sp³-hybridized carbons (Fsp3) is 0.182. The number of nitrogens with zero attached hydrogens (tertiary/aromatic N) is 1. The predicted octanol–water partition coefficient (Wildman–Crippen LogP) is 3.92. The molecular formula is C11H10BrClN2O2S2. The molecule has 0 spiro atoms. The van der Waals surface area contributed by atoms with E-state index in [0.29, 0.717) is 5.69 Å². The molecule has 0 bridgehead atoms. The van der Waals surface area contributed by atoms with Crippen molar-refractivity contribution in [3.05, 3.63) is 38.9 Å². The summed E-state index contributed by atoms with van der Waals surface area (Å²) in [5, 5.41) is 0. The molecule has 0 atom stereocenters. The number of hydrogen-bond acceptors (Lipinski definition) is 4. The number of benzene rings is 1. The Bertz CT molecular complexity index is 700. The topological polar surface area (TPSA) is 59.1 Å². The van der Waals surface area contributed by atoms with Gasteiger partial charge in [-0.1, -0.05) is 45.8 Å². The summed E-state index contributed by atoms with van der Waals surface area (Å²) in [4.78, 5) is 3.74. The van der Waals surface area contributed by atoms with Crippen molar-refractivity contribution in [1.29, 1.82) is 0 Å². The molecule has 0 amide bonds. The number of thiazole rings is 1. The van der Waals surface area contributed by atoms with E-state index in [4.69, 9.17) is 11.6 Å². The quantitative estimate of drug-likeness (QED) is 0.873. The molecule has 1 heterocycles. The van der Waals surface area contributed by atoms with E-state index in [9.17, 15) is 8.42 Å². The van der Waals surface area contributed by atoms with Crippen LogP contribution in [0.1, 0.15) is 12.5 Å². The third-order valence-electron chi connectivity index (χ3n) is 2.41. The Morgan fingerprint density at radius 2 is 2.21 bits per heavy atom. The Kier molecular flexibility index (Phi) is 4.50. The van der Waals surface area contributed by atoms with Crippen LogP contribution < -0.4 is 4.72 Å². The predicted molar refractivity (Wildman–Crippen MR) is 81.5 cm³/mol. The Balaban J connectivity index is 2.35. The van der Waals surface area contributed by atoms with Crippen LogP contribution >= 0.6 is 38.9 Å². The van der Waals surface area contributed by atoms with Crippen LogP contribution in [0.4, 0.5) is 5.69 Å². The maximum atomic E-state index is 12.2. The summed E-state index contributed by atoms with van der Waals surface area (Å²) < 4.78 is 28.1. The third-order valence-corrected chi connectivity index (χ3v) is 5.85. The van der Waals surface area contributed by atoms with E-state index in [-0.39, 0.29) is 8.68 Å². The molecule has 0 saturated heterocycles. The van der Waals surface area contributed by atoms with E-state index in [1.54, 1.807) is 12.1 Å². The number of aryl methyl sites for hydroxylation is 1. The van der Waals surface area contributed by atoms with Gasteiger partial charge >= 0.3 is 0 Å². The number of aromatic nitrogens is 1.